The molecule has 0 amide bonds. The van der Waals surface area contributed by atoms with Crippen molar-refractivity contribution in [3.05, 3.63) is 108 Å². The van der Waals surface area contributed by atoms with Crippen LogP contribution in [0.3, 0.4) is 0 Å². The van der Waals surface area contributed by atoms with Crippen LogP contribution < -0.4 is 0 Å². The van der Waals surface area contributed by atoms with Crippen molar-refractivity contribution in [3.63, 3.8) is 0 Å². The summed E-state index contributed by atoms with van der Waals surface area (Å²) in [5, 5.41) is 0. The number of carbonyl (C=O) groups excluding carboxylic acids is 2. The average molecular weight is 649 g/mol. The highest BCUT2D eigenvalue weighted by atomic mass is 16.8. The largest absolute Gasteiger partial charge is 0.509 e. The van der Waals surface area contributed by atoms with Gasteiger partial charge in [-0.1, -0.05) is 78.9 Å². The van der Waals surface area contributed by atoms with E-state index in [2.05, 4.69) is 0 Å². The molecule has 4 aliphatic heterocycles. The molecule has 4 fully saturated rings. The number of ether oxygens (including phenoxy) is 10. The number of rotatable bonds is 10. The van der Waals surface area contributed by atoms with E-state index in [4.69, 9.17) is 47.4 Å². The van der Waals surface area contributed by atoms with Crippen molar-refractivity contribution < 1.29 is 57.0 Å². The Morgan fingerprint density at radius 1 is 0.809 bits per heavy atom. The van der Waals surface area contributed by atoms with Gasteiger partial charge in [-0.15, -0.1) is 0 Å². The van der Waals surface area contributed by atoms with Gasteiger partial charge in [-0.2, -0.15) is 0 Å². The number of fused-ring (bicyclic) bond motifs is 2. The van der Waals surface area contributed by atoms with Crippen LogP contribution in [0, 0.1) is 0 Å². The molecule has 4 saturated heterocycles. The second kappa shape index (κ2) is 14.5. The molecule has 3 aromatic carbocycles. The van der Waals surface area contributed by atoms with Gasteiger partial charge in [0.05, 0.1) is 18.8 Å². The van der Waals surface area contributed by atoms with Crippen LogP contribution in [-0.2, 0) is 54.0 Å². The van der Waals surface area contributed by atoms with E-state index >= 15 is 0 Å². The van der Waals surface area contributed by atoms with Gasteiger partial charge in [-0.05, 0) is 17.7 Å². The van der Waals surface area contributed by atoms with E-state index in [9.17, 15) is 9.59 Å². The van der Waals surface area contributed by atoms with E-state index in [0.29, 0.717) is 5.56 Å². The maximum Gasteiger partial charge on any atom is 0.509 e. The van der Waals surface area contributed by atoms with Gasteiger partial charge in [0.1, 0.15) is 43.2 Å². The van der Waals surface area contributed by atoms with Crippen LogP contribution in [0.5, 0.6) is 0 Å². The summed E-state index contributed by atoms with van der Waals surface area (Å²) < 4.78 is 60.5. The normalized spacial score (nSPS) is 33.2. The average Bonchev–Trinajstić information content (AvgIpc) is 3.50. The van der Waals surface area contributed by atoms with E-state index in [0.717, 1.165) is 11.1 Å². The first-order valence-electron chi connectivity index (χ1n) is 15.6. The summed E-state index contributed by atoms with van der Waals surface area (Å²) in [5.41, 5.74) is 2.17. The summed E-state index contributed by atoms with van der Waals surface area (Å²) in [6.45, 7) is 0.277. The summed E-state index contributed by atoms with van der Waals surface area (Å²) in [6.07, 6.45) is -8.14. The van der Waals surface area contributed by atoms with Crippen LogP contribution in [0.1, 0.15) is 34.2 Å². The maximum atomic E-state index is 12.7. The Bertz CT molecular complexity index is 1470. The smallest absolute Gasteiger partial charge is 0.459 e. The molecule has 248 valence electrons. The van der Waals surface area contributed by atoms with Crippen LogP contribution in [0.25, 0.3) is 0 Å². The first kappa shape index (κ1) is 31.7. The minimum Gasteiger partial charge on any atom is -0.459 e. The number of hydrogen-bond donors (Lipinski definition) is 0. The third kappa shape index (κ3) is 7.19. The first-order valence-corrected chi connectivity index (χ1v) is 15.6. The molecule has 4 heterocycles. The van der Waals surface area contributed by atoms with Crippen molar-refractivity contribution >= 4 is 12.1 Å². The van der Waals surface area contributed by atoms with Crippen molar-refractivity contribution in [2.45, 2.75) is 74.6 Å². The van der Waals surface area contributed by atoms with Crippen LogP contribution in [0.15, 0.2) is 91.0 Å². The second-order valence-electron chi connectivity index (χ2n) is 11.6. The number of carbonyl (C=O) groups is 2. The van der Waals surface area contributed by atoms with Crippen molar-refractivity contribution in [2.75, 3.05) is 20.3 Å². The molecule has 47 heavy (non-hydrogen) atoms. The van der Waals surface area contributed by atoms with E-state index in [1.807, 2.05) is 60.7 Å². The minimum absolute atomic E-state index is 0.163. The zero-order valence-corrected chi connectivity index (χ0v) is 25.7. The highest BCUT2D eigenvalue weighted by molar-refractivity contribution is 5.89. The molecule has 10 atom stereocenters. The monoisotopic (exact) mass is 648 g/mol. The molecule has 0 spiro atoms. The van der Waals surface area contributed by atoms with Gasteiger partial charge in [0, 0.05) is 19.1 Å². The van der Waals surface area contributed by atoms with Crippen LogP contribution in [-0.4, -0.2) is 87.8 Å². The van der Waals surface area contributed by atoms with E-state index in [1.54, 1.807) is 30.3 Å². The van der Waals surface area contributed by atoms with Gasteiger partial charge in [0.2, 0.25) is 0 Å². The van der Waals surface area contributed by atoms with Gasteiger partial charge >= 0.3 is 12.1 Å². The molecular weight excluding hydrogens is 612 g/mol. The van der Waals surface area contributed by atoms with Gasteiger partial charge in [0.25, 0.3) is 0 Å². The van der Waals surface area contributed by atoms with Gasteiger partial charge in [-0.3, -0.25) is 0 Å². The van der Waals surface area contributed by atoms with Crippen molar-refractivity contribution in [2.24, 2.45) is 0 Å². The van der Waals surface area contributed by atoms with E-state index in [1.165, 1.54) is 7.11 Å². The number of benzene rings is 3. The van der Waals surface area contributed by atoms with E-state index in [-0.39, 0.29) is 26.2 Å². The molecule has 0 N–H and O–H groups in total. The Kier molecular flexibility index (Phi) is 9.77. The van der Waals surface area contributed by atoms with Crippen molar-refractivity contribution in [1.82, 2.24) is 0 Å². The topological polar surface area (TPSA) is 126 Å². The summed E-state index contributed by atoms with van der Waals surface area (Å²) >= 11 is 0. The fourth-order valence-corrected chi connectivity index (χ4v) is 6.25. The summed E-state index contributed by atoms with van der Waals surface area (Å²) in [4.78, 5) is 24.9. The Balaban J connectivity index is 1.13. The van der Waals surface area contributed by atoms with Crippen molar-refractivity contribution in [3.8, 4) is 0 Å². The molecule has 3 aromatic rings. The molecule has 0 aromatic heterocycles. The van der Waals surface area contributed by atoms with Gasteiger partial charge < -0.3 is 47.4 Å². The summed E-state index contributed by atoms with van der Waals surface area (Å²) in [5.74, 6) is -0.536. The van der Waals surface area contributed by atoms with Gasteiger partial charge in [0.15, 0.2) is 25.0 Å². The molecule has 0 saturated carbocycles. The fourth-order valence-electron chi connectivity index (χ4n) is 6.25. The van der Waals surface area contributed by atoms with Crippen LogP contribution in [0.4, 0.5) is 4.79 Å². The Hall–Kier alpha value is -3.88. The lowest BCUT2D eigenvalue weighted by atomic mass is 9.96. The van der Waals surface area contributed by atoms with E-state index < -0.39 is 73.7 Å². The predicted octanol–water partition coefficient (Wildman–Crippen LogP) is 4.32. The Morgan fingerprint density at radius 3 is 2.28 bits per heavy atom. The molecule has 12 nitrogen and oxygen atoms in total. The SMILES string of the molecule is CO[C@H]1O[C@@H]2COC(c3ccccc3)O[C@H]2[C@H](OC2C[C@H]3OC(=O)O[C@@H]3[C@@H](COC(=O)c3ccccc3)O2)[C@H]1OCc1ccccc1. The third-order valence-electron chi connectivity index (χ3n) is 8.53. The second-order valence-corrected chi connectivity index (χ2v) is 11.6. The quantitative estimate of drug-likeness (QED) is 0.291. The minimum atomic E-state index is -0.920. The lowest BCUT2D eigenvalue weighted by Crippen LogP contribution is -2.64. The summed E-state index contributed by atoms with van der Waals surface area (Å²) in [7, 11) is 1.53. The molecule has 12 heteroatoms. The molecule has 7 rings (SSSR count). The van der Waals surface area contributed by atoms with Crippen LogP contribution in [0.2, 0.25) is 0 Å². The van der Waals surface area contributed by atoms with Crippen LogP contribution >= 0.6 is 0 Å². The number of hydrogen-bond acceptors (Lipinski definition) is 12. The molecule has 0 radical (unpaired) electrons. The predicted molar refractivity (Wildman–Crippen MR) is 161 cm³/mol. The van der Waals surface area contributed by atoms with Gasteiger partial charge in [-0.25, -0.2) is 9.59 Å². The molecule has 0 bridgehead atoms. The zero-order valence-electron chi connectivity index (χ0n) is 25.7. The number of methoxy groups -OCH3 is 1. The lowest BCUT2D eigenvalue weighted by molar-refractivity contribution is -0.385. The van der Waals surface area contributed by atoms with Crippen molar-refractivity contribution in [1.29, 1.82) is 0 Å². The first-order chi connectivity index (χ1) is 23.1. The molecule has 2 unspecified atom stereocenters. The fraction of sp³-hybridized carbons (Fsp3) is 0.429. The zero-order chi connectivity index (χ0) is 32.2. The maximum absolute atomic E-state index is 12.7. The Morgan fingerprint density at radius 2 is 1.53 bits per heavy atom. The molecular formula is C35H36O12. The highest BCUT2D eigenvalue weighted by Gasteiger charge is 2.55. The molecule has 0 aliphatic carbocycles. The highest BCUT2D eigenvalue weighted by Crippen LogP contribution is 2.39. The number of esters is 1. The summed E-state index contributed by atoms with van der Waals surface area (Å²) in [6, 6.07) is 27.9. The molecule has 4 aliphatic rings. The third-order valence-corrected chi connectivity index (χ3v) is 8.53. The standard InChI is InChI=1S/C35H36O12/c1-38-34-31(39-18-21-11-5-2-6-12-21)30(29-26(43-34)20-41-33(46-29)23-15-9-4-10-16-23)45-27-17-24-28(47-35(37)44-24)25(42-27)19-40-32(36)22-13-7-3-8-14-22/h2-16,24-31,33-34H,17-20H2,1H3/t24-,25-,26-,27?,28+,29-,30+,31-,33?,34+/m1/s1. The Labute approximate surface area is 271 Å². The lowest BCUT2D eigenvalue weighted by Gasteiger charge is -2.49.